The predicted molar refractivity (Wildman–Crippen MR) is 111 cm³/mol. The number of nitrogens with zero attached hydrogens (tertiary/aromatic N) is 4. The van der Waals surface area contributed by atoms with E-state index in [1.165, 1.54) is 0 Å². The summed E-state index contributed by atoms with van der Waals surface area (Å²) in [5, 5.41) is 8.24. The van der Waals surface area contributed by atoms with Gasteiger partial charge in [0.2, 0.25) is 5.90 Å². The van der Waals surface area contributed by atoms with Crippen molar-refractivity contribution in [2.24, 2.45) is 4.99 Å². The van der Waals surface area contributed by atoms with Crippen LogP contribution in [-0.4, -0.2) is 26.9 Å². The molecule has 0 amide bonds. The Balaban J connectivity index is 1.46. The van der Waals surface area contributed by atoms with Gasteiger partial charge in [-0.15, -0.1) is 5.10 Å². The van der Waals surface area contributed by atoms with Crippen LogP contribution in [0.4, 0.5) is 0 Å². The number of aromatic nitrogens is 3. The highest BCUT2D eigenvalue weighted by molar-refractivity contribution is 6.11. The molecule has 2 heterocycles. The molecular weight excluding hydrogens is 364 g/mol. The van der Waals surface area contributed by atoms with Crippen LogP contribution in [0.25, 0.3) is 6.08 Å². The summed E-state index contributed by atoms with van der Waals surface area (Å²) >= 11 is 0. The minimum absolute atomic E-state index is 0.257. The molecule has 2 aromatic carbocycles. The number of aryl methyl sites for hydroxylation is 2. The number of cyclic esters (lactones) is 1. The topological polar surface area (TPSA) is 69.4 Å². The molecule has 0 atom stereocenters. The van der Waals surface area contributed by atoms with E-state index in [0.29, 0.717) is 18.1 Å². The first kappa shape index (κ1) is 18.6. The van der Waals surface area contributed by atoms with Gasteiger partial charge in [-0.3, -0.25) is 0 Å². The van der Waals surface area contributed by atoms with Gasteiger partial charge < -0.3 is 4.74 Å². The molecule has 0 aliphatic carbocycles. The van der Waals surface area contributed by atoms with E-state index in [4.69, 9.17) is 4.74 Å². The first-order valence-corrected chi connectivity index (χ1v) is 9.29. The average Bonchev–Trinajstić information content (AvgIpc) is 3.29. The quantitative estimate of drug-likeness (QED) is 0.495. The van der Waals surface area contributed by atoms with Gasteiger partial charge in [-0.25, -0.2) is 14.5 Å². The van der Waals surface area contributed by atoms with Crippen molar-refractivity contribution in [2.45, 2.75) is 20.4 Å². The molecule has 4 rings (SSSR count). The van der Waals surface area contributed by atoms with Crippen molar-refractivity contribution in [1.82, 2.24) is 15.0 Å². The number of rotatable bonds is 5. The van der Waals surface area contributed by atoms with E-state index < -0.39 is 5.97 Å². The Hall–Kier alpha value is -3.80. The van der Waals surface area contributed by atoms with Crippen LogP contribution in [0.15, 0.2) is 77.6 Å². The second-order valence-electron chi connectivity index (χ2n) is 6.92. The third-order valence-corrected chi connectivity index (χ3v) is 4.35. The van der Waals surface area contributed by atoms with Gasteiger partial charge in [0.15, 0.2) is 5.70 Å². The standard InChI is InChI=1S/C23H20N4O2/c1-16-11-17(2)13-19(12-16)22-24-21(23(28)29-22)10-6-9-20-15-27(26-25-20)14-18-7-4-3-5-8-18/h3-13,15H,14H2,1-2H3/b9-6+,21-10-. The van der Waals surface area contributed by atoms with Gasteiger partial charge in [-0.2, -0.15) is 0 Å². The maximum absolute atomic E-state index is 12.1. The summed E-state index contributed by atoms with van der Waals surface area (Å²) in [4.78, 5) is 16.4. The Kier molecular flexibility index (Phi) is 5.16. The summed E-state index contributed by atoms with van der Waals surface area (Å²) in [6, 6.07) is 16.0. The zero-order chi connectivity index (χ0) is 20.2. The number of aliphatic imine (C=N–C) groups is 1. The van der Waals surface area contributed by atoms with E-state index in [1.807, 2.05) is 62.5 Å². The zero-order valence-corrected chi connectivity index (χ0v) is 16.2. The van der Waals surface area contributed by atoms with Crippen molar-refractivity contribution in [2.75, 3.05) is 0 Å². The fourth-order valence-corrected chi connectivity index (χ4v) is 3.12. The number of allylic oxidation sites excluding steroid dienone is 2. The highest BCUT2D eigenvalue weighted by Gasteiger charge is 2.23. The third-order valence-electron chi connectivity index (χ3n) is 4.35. The Morgan fingerprint density at radius 2 is 1.83 bits per heavy atom. The smallest absolute Gasteiger partial charge is 0.363 e. The Morgan fingerprint density at radius 3 is 2.59 bits per heavy atom. The van der Waals surface area contributed by atoms with E-state index >= 15 is 0 Å². The molecule has 1 aliphatic heterocycles. The Morgan fingerprint density at radius 1 is 1.07 bits per heavy atom. The van der Waals surface area contributed by atoms with Gasteiger partial charge in [0.05, 0.1) is 12.7 Å². The number of benzene rings is 2. The summed E-state index contributed by atoms with van der Waals surface area (Å²) in [7, 11) is 0. The van der Waals surface area contributed by atoms with E-state index in [1.54, 1.807) is 22.9 Å². The fourth-order valence-electron chi connectivity index (χ4n) is 3.12. The van der Waals surface area contributed by atoms with Gasteiger partial charge in [0, 0.05) is 5.56 Å². The number of carbonyl (C=O) groups excluding carboxylic acids is 1. The van der Waals surface area contributed by atoms with Crippen LogP contribution in [-0.2, 0) is 16.1 Å². The molecule has 0 fully saturated rings. The lowest BCUT2D eigenvalue weighted by molar-refractivity contribution is -0.130. The number of esters is 1. The van der Waals surface area contributed by atoms with Crippen molar-refractivity contribution in [3.8, 4) is 0 Å². The summed E-state index contributed by atoms with van der Waals surface area (Å²) in [6.45, 7) is 4.65. The Bertz CT molecular complexity index is 1120. The van der Waals surface area contributed by atoms with E-state index in [9.17, 15) is 4.79 Å². The zero-order valence-electron chi connectivity index (χ0n) is 16.2. The molecule has 0 saturated heterocycles. The summed E-state index contributed by atoms with van der Waals surface area (Å²) in [6.07, 6.45) is 6.97. The molecule has 0 radical (unpaired) electrons. The number of hydrogen-bond donors (Lipinski definition) is 0. The van der Waals surface area contributed by atoms with Crippen molar-refractivity contribution in [1.29, 1.82) is 0 Å². The second kappa shape index (κ2) is 8.06. The number of hydrogen-bond acceptors (Lipinski definition) is 5. The lowest BCUT2D eigenvalue weighted by atomic mass is 10.1. The molecule has 0 spiro atoms. The molecule has 6 heteroatoms. The largest absolute Gasteiger partial charge is 0.402 e. The maximum atomic E-state index is 12.1. The third kappa shape index (κ3) is 4.55. The van der Waals surface area contributed by atoms with Crippen molar-refractivity contribution in [3.05, 3.63) is 101 Å². The summed E-state index contributed by atoms with van der Waals surface area (Å²) in [5.74, 6) is -0.133. The lowest BCUT2D eigenvalue weighted by Crippen LogP contribution is -2.05. The first-order chi connectivity index (χ1) is 14.1. The number of carbonyl (C=O) groups is 1. The molecule has 0 unspecified atom stereocenters. The van der Waals surface area contributed by atoms with Crippen LogP contribution >= 0.6 is 0 Å². The number of ether oxygens (including phenoxy) is 1. The minimum Gasteiger partial charge on any atom is -0.402 e. The molecule has 3 aromatic rings. The Labute approximate surface area is 168 Å². The van der Waals surface area contributed by atoms with Crippen LogP contribution in [0.2, 0.25) is 0 Å². The normalized spacial score (nSPS) is 15.2. The van der Waals surface area contributed by atoms with Crippen LogP contribution in [0, 0.1) is 13.8 Å². The van der Waals surface area contributed by atoms with Gasteiger partial charge in [0.1, 0.15) is 5.69 Å². The summed E-state index contributed by atoms with van der Waals surface area (Å²) < 4.78 is 7.09. The van der Waals surface area contributed by atoms with Gasteiger partial charge in [-0.1, -0.05) is 58.8 Å². The van der Waals surface area contributed by atoms with Crippen LogP contribution in [0.3, 0.4) is 0 Å². The first-order valence-electron chi connectivity index (χ1n) is 9.29. The van der Waals surface area contributed by atoms with Crippen LogP contribution in [0.1, 0.15) is 27.9 Å². The van der Waals surface area contributed by atoms with Crippen molar-refractivity contribution >= 4 is 17.9 Å². The van der Waals surface area contributed by atoms with Crippen molar-refractivity contribution < 1.29 is 9.53 Å². The van der Waals surface area contributed by atoms with Crippen LogP contribution in [0.5, 0.6) is 0 Å². The van der Waals surface area contributed by atoms with Gasteiger partial charge in [-0.05, 0) is 43.7 Å². The molecule has 0 N–H and O–H groups in total. The van der Waals surface area contributed by atoms with E-state index in [2.05, 4.69) is 21.4 Å². The molecular formula is C23H20N4O2. The second-order valence-corrected chi connectivity index (χ2v) is 6.92. The lowest BCUT2D eigenvalue weighted by Gasteiger charge is -2.03. The molecule has 144 valence electrons. The summed E-state index contributed by atoms with van der Waals surface area (Å²) in [5.41, 5.74) is 5.09. The molecule has 29 heavy (non-hydrogen) atoms. The van der Waals surface area contributed by atoms with Crippen LogP contribution < -0.4 is 0 Å². The van der Waals surface area contributed by atoms with Crippen molar-refractivity contribution in [3.63, 3.8) is 0 Å². The molecule has 1 aliphatic rings. The highest BCUT2D eigenvalue weighted by Crippen LogP contribution is 2.18. The maximum Gasteiger partial charge on any atom is 0.363 e. The monoisotopic (exact) mass is 384 g/mol. The highest BCUT2D eigenvalue weighted by atomic mass is 16.6. The van der Waals surface area contributed by atoms with E-state index in [0.717, 1.165) is 22.3 Å². The van der Waals surface area contributed by atoms with Gasteiger partial charge >= 0.3 is 5.97 Å². The van der Waals surface area contributed by atoms with E-state index in [-0.39, 0.29) is 5.70 Å². The minimum atomic E-state index is -0.462. The molecule has 0 bridgehead atoms. The fraction of sp³-hybridized carbons (Fsp3) is 0.130. The molecule has 6 nitrogen and oxygen atoms in total. The average molecular weight is 384 g/mol. The van der Waals surface area contributed by atoms with Gasteiger partial charge in [0.25, 0.3) is 0 Å². The SMILES string of the molecule is Cc1cc(C)cc(C2=N/C(=C\C=C\c3cn(Cc4ccccc4)nn3)C(=O)O2)c1. The predicted octanol–water partition coefficient (Wildman–Crippen LogP) is 3.84. The molecule has 0 saturated carbocycles. The molecule has 1 aromatic heterocycles.